The van der Waals surface area contributed by atoms with E-state index in [2.05, 4.69) is 49.9 Å². The van der Waals surface area contributed by atoms with Crippen molar-refractivity contribution < 1.29 is 28.5 Å². The Bertz CT molecular complexity index is 1590. The van der Waals surface area contributed by atoms with Gasteiger partial charge in [0.25, 0.3) is 0 Å². The number of methoxy groups -OCH3 is 1. The molecule has 1 fully saturated rings. The molecule has 0 N–H and O–H groups in total. The fourth-order valence-electron chi connectivity index (χ4n) is 6.51. The van der Waals surface area contributed by atoms with Gasteiger partial charge in [0.2, 0.25) is 5.79 Å². The lowest BCUT2D eigenvalue weighted by atomic mass is 9.82. The van der Waals surface area contributed by atoms with Gasteiger partial charge in [-0.1, -0.05) is 110 Å². The van der Waals surface area contributed by atoms with Crippen LogP contribution in [0.2, 0.25) is 0 Å². The van der Waals surface area contributed by atoms with Gasteiger partial charge in [-0.15, -0.1) is 6.58 Å². The van der Waals surface area contributed by atoms with Crippen LogP contribution in [0, 0.1) is 12.8 Å². The lowest BCUT2D eigenvalue weighted by Gasteiger charge is -2.50. The summed E-state index contributed by atoms with van der Waals surface area (Å²) in [4.78, 5) is 12.5. The van der Waals surface area contributed by atoms with Crippen LogP contribution in [0.5, 0.6) is 0 Å². The summed E-state index contributed by atoms with van der Waals surface area (Å²) in [5, 5.41) is 0. The Morgan fingerprint density at radius 3 is 2.10 bits per heavy atom. The van der Waals surface area contributed by atoms with Gasteiger partial charge in [-0.05, 0) is 72.1 Å². The van der Waals surface area contributed by atoms with Crippen LogP contribution in [-0.4, -0.2) is 44.9 Å². The largest absolute Gasteiger partial charge is 0.377 e. The molecule has 0 bridgehead atoms. The van der Waals surface area contributed by atoms with Crippen molar-refractivity contribution in [2.24, 2.45) is 5.92 Å². The van der Waals surface area contributed by atoms with Crippen LogP contribution in [0.15, 0.2) is 116 Å². The third-order valence-electron chi connectivity index (χ3n) is 9.42. The maximum Gasteiger partial charge on any atom is 0.225 e. The first-order valence-corrected chi connectivity index (χ1v) is 17.3. The zero-order valence-corrected chi connectivity index (χ0v) is 29.1. The summed E-state index contributed by atoms with van der Waals surface area (Å²) in [6.07, 6.45) is 4.58. The van der Waals surface area contributed by atoms with E-state index in [0.717, 1.165) is 66.4 Å². The van der Waals surface area contributed by atoms with Crippen molar-refractivity contribution >= 4 is 6.29 Å². The van der Waals surface area contributed by atoms with Crippen molar-refractivity contribution in [2.75, 3.05) is 20.3 Å². The molecule has 0 unspecified atom stereocenters. The summed E-state index contributed by atoms with van der Waals surface area (Å²) < 4.78 is 31.9. The summed E-state index contributed by atoms with van der Waals surface area (Å²) in [6.45, 7) is 9.86. The Morgan fingerprint density at radius 2 is 1.47 bits per heavy atom. The second kappa shape index (κ2) is 18.2. The van der Waals surface area contributed by atoms with Gasteiger partial charge < -0.3 is 28.5 Å². The predicted octanol–water partition coefficient (Wildman–Crippen LogP) is 8.31. The lowest BCUT2D eigenvalue weighted by Crippen LogP contribution is -2.62. The van der Waals surface area contributed by atoms with Crippen molar-refractivity contribution in [3.63, 3.8) is 0 Å². The molecule has 0 saturated carbocycles. The Balaban J connectivity index is 1.42. The van der Waals surface area contributed by atoms with Gasteiger partial charge in [-0.25, -0.2) is 0 Å². The minimum absolute atomic E-state index is 0.284. The van der Waals surface area contributed by atoms with Gasteiger partial charge in [0, 0.05) is 25.2 Å². The van der Waals surface area contributed by atoms with E-state index in [9.17, 15) is 4.79 Å². The molecule has 1 saturated heterocycles. The number of benzene rings is 4. The topological polar surface area (TPSA) is 63.2 Å². The molecule has 258 valence electrons. The summed E-state index contributed by atoms with van der Waals surface area (Å²) >= 11 is 0. The van der Waals surface area contributed by atoms with E-state index in [-0.39, 0.29) is 5.92 Å². The molecule has 49 heavy (non-hydrogen) atoms. The smallest absolute Gasteiger partial charge is 0.225 e. The van der Waals surface area contributed by atoms with E-state index < -0.39 is 24.1 Å². The molecule has 1 aliphatic rings. The lowest BCUT2D eigenvalue weighted by molar-refractivity contribution is -0.361. The molecule has 0 aliphatic carbocycles. The SMILES string of the molecule is C=CCOCCCCc1ccc(Cc2cc([C@]3(OC)O[C@H](C=O)[C@@H](C)[C@H](OCc4ccccc4)[C@H]3OCc3ccccc3)ccc2C)cc1. The summed E-state index contributed by atoms with van der Waals surface area (Å²) in [5.74, 6) is -1.68. The van der Waals surface area contributed by atoms with Crippen LogP contribution in [0.4, 0.5) is 0 Å². The molecular formula is C43H50O6. The molecular weight excluding hydrogens is 612 g/mol. The molecule has 4 aromatic rings. The first-order valence-electron chi connectivity index (χ1n) is 17.3. The zero-order chi connectivity index (χ0) is 34.5. The molecule has 0 aromatic heterocycles. The monoisotopic (exact) mass is 662 g/mol. The van der Waals surface area contributed by atoms with Crippen LogP contribution in [0.1, 0.15) is 58.7 Å². The summed E-state index contributed by atoms with van der Waals surface area (Å²) in [7, 11) is 1.62. The number of aryl methyl sites for hydroxylation is 2. The summed E-state index contributed by atoms with van der Waals surface area (Å²) in [6, 6.07) is 35.2. The highest BCUT2D eigenvalue weighted by atomic mass is 16.7. The average molecular weight is 663 g/mol. The fraction of sp³-hybridized carbons (Fsp3) is 0.372. The minimum atomic E-state index is -1.39. The van der Waals surface area contributed by atoms with Crippen LogP contribution in [0.25, 0.3) is 0 Å². The number of carbonyl (C=O) groups is 1. The summed E-state index contributed by atoms with van der Waals surface area (Å²) in [5.41, 5.74) is 7.69. The molecule has 6 heteroatoms. The van der Waals surface area contributed by atoms with Gasteiger partial charge in [0.1, 0.15) is 18.5 Å². The van der Waals surface area contributed by atoms with Gasteiger partial charge in [-0.3, -0.25) is 0 Å². The molecule has 0 amide bonds. The van der Waals surface area contributed by atoms with Crippen molar-refractivity contribution in [1.82, 2.24) is 0 Å². The molecule has 5 atom stereocenters. The molecule has 4 aromatic carbocycles. The second-order valence-electron chi connectivity index (χ2n) is 12.9. The third kappa shape index (κ3) is 9.41. The number of ether oxygens (including phenoxy) is 5. The zero-order valence-electron chi connectivity index (χ0n) is 29.1. The minimum Gasteiger partial charge on any atom is -0.377 e. The van der Waals surface area contributed by atoms with Gasteiger partial charge in [0.05, 0.1) is 25.9 Å². The number of unbranched alkanes of at least 4 members (excludes halogenated alkanes) is 1. The Hall–Kier alpha value is -3.91. The maximum atomic E-state index is 12.5. The number of hydrogen-bond donors (Lipinski definition) is 0. The predicted molar refractivity (Wildman–Crippen MR) is 193 cm³/mol. The Labute approximate surface area is 292 Å². The van der Waals surface area contributed by atoms with Crippen molar-refractivity contribution in [2.45, 2.75) is 76.8 Å². The molecule has 6 nitrogen and oxygen atoms in total. The maximum absolute atomic E-state index is 12.5. The Morgan fingerprint density at radius 1 is 0.816 bits per heavy atom. The number of aldehydes is 1. The van der Waals surface area contributed by atoms with Crippen molar-refractivity contribution in [1.29, 1.82) is 0 Å². The molecule has 1 heterocycles. The average Bonchev–Trinajstić information content (AvgIpc) is 3.14. The van der Waals surface area contributed by atoms with E-state index in [1.165, 1.54) is 11.1 Å². The first kappa shape index (κ1) is 36.4. The standard InChI is InChI=1S/C43H50O6/c1-5-25-46-26-13-12-14-34-20-22-35(23-21-34)27-38-28-39(24-19-32(38)2)43(45-4)42(48-31-37-17-10-7-11-18-37)41(33(3)40(29-44)49-43)47-30-36-15-8-6-9-16-36/h5-11,15-24,28-29,33,40-42H,1,12-14,25-27,30-31H2,2-4H3/t33-,40-,41+,42-,43+/m1/s1. The quantitative estimate of drug-likeness (QED) is 0.0607. The molecule has 0 spiro atoms. The van der Waals surface area contributed by atoms with E-state index in [1.807, 2.05) is 73.7 Å². The first-order chi connectivity index (χ1) is 24.0. The van der Waals surface area contributed by atoms with Crippen LogP contribution < -0.4 is 0 Å². The Kier molecular flexibility index (Phi) is 13.5. The van der Waals surface area contributed by atoms with E-state index in [1.54, 1.807) is 13.2 Å². The van der Waals surface area contributed by atoms with E-state index in [4.69, 9.17) is 23.7 Å². The normalized spacial score (nSPS) is 22.1. The highest BCUT2D eigenvalue weighted by Crippen LogP contribution is 2.44. The van der Waals surface area contributed by atoms with Gasteiger partial charge in [0.15, 0.2) is 0 Å². The third-order valence-corrected chi connectivity index (χ3v) is 9.42. The molecule has 0 radical (unpaired) electrons. The highest BCUT2D eigenvalue weighted by Gasteiger charge is 2.56. The number of hydrogen-bond acceptors (Lipinski definition) is 6. The number of rotatable bonds is 18. The van der Waals surface area contributed by atoms with Crippen molar-refractivity contribution in [3.8, 4) is 0 Å². The van der Waals surface area contributed by atoms with Crippen molar-refractivity contribution in [3.05, 3.63) is 155 Å². The highest BCUT2D eigenvalue weighted by molar-refractivity contribution is 5.57. The van der Waals surface area contributed by atoms with Crippen LogP contribution >= 0.6 is 0 Å². The second-order valence-corrected chi connectivity index (χ2v) is 12.9. The van der Waals surface area contributed by atoms with Gasteiger partial charge >= 0.3 is 0 Å². The molecule has 5 rings (SSSR count). The fourth-order valence-corrected chi connectivity index (χ4v) is 6.51. The van der Waals surface area contributed by atoms with Crippen LogP contribution in [0.3, 0.4) is 0 Å². The number of carbonyl (C=O) groups excluding carboxylic acids is 1. The van der Waals surface area contributed by atoms with E-state index in [0.29, 0.717) is 19.8 Å². The molecule has 1 aliphatic heterocycles. The van der Waals surface area contributed by atoms with Crippen LogP contribution in [-0.2, 0) is 60.3 Å². The van der Waals surface area contributed by atoms with E-state index >= 15 is 0 Å². The van der Waals surface area contributed by atoms with Gasteiger partial charge in [-0.2, -0.15) is 0 Å².